The Balaban J connectivity index is 2.00. The Labute approximate surface area is 183 Å². The molecule has 160 valence electrons. The van der Waals surface area contributed by atoms with Gasteiger partial charge in [-0.3, -0.25) is 10.1 Å². The Bertz CT molecular complexity index is 1210. The first-order chi connectivity index (χ1) is 15.4. The molecule has 0 atom stereocenters. The summed E-state index contributed by atoms with van der Waals surface area (Å²) >= 11 is 0. The first-order valence-electron chi connectivity index (χ1n) is 9.39. The Hall–Kier alpha value is -4.64. The van der Waals surface area contributed by atoms with Crippen molar-refractivity contribution >= 4 is 23.3 Å². The van der Waals surface area contributed by atoms with Gasteiger partial charge >= 0.3 is 0 Å². The van der Waals surface area contributed by atoms with E-state index in [0.717, 1.165) is 5.56 Å². The van der Waals surface area contributed by atoms with Gasteiger partial charge in [0.05, 0.1) is 41.3 Å². The molecule has 0 aliphatic carbocycles. The summed E-state index contributed by atoms with van der Waals surface area (Å²) in [5, 5.41) is 32.2. The summed E-state index contributed by atoms with van der Waals surface area (Å²) in [5.41, 5.74) is 1.21. The van der Waals surface area contributed by atoms with Gasteiger partial charge in [-0.1, -0.05) is 54.6 Å². The lowest BCUT2D eigenvalue weighted by Gasteiger charge is -2.12. The van der Waals surface area contributed by atoms with Crippen molar-refractivity contribution in [1.29, 1.82) is 5.26 Å². The van der Waals surface area contributed by atoms with Crippen LogP contribution in [0.25, 0.3) is 11.6 Å². The SMILES string of the molecule is COc1cc(/C=C(\C#N)c2ccc(C(=O)[O-])cc2)c([N+](=O)[O-])cc1OCc1ccccc1. The van der Waals surface area contributed by atoms with Gasteiger partial charge in [-0.25, -0.2) is 0 Å². The second-order valence-electron chi connectivity index (χ2n) is 6.63. The molecule has 8 heteroatoms. The Morgan fingerprint density at radius 2 is 1.72 bits per heavy atom. The van der Waals surface area contributed by atoms with E-state index in [-0.39, 0.29) is 40.5 Å². The van der Waals surface area contributed by atoms with E-state index in [1.54, 1.807) is 0 Å². The molecule has 0 heterocycles. The molecule has 0 radical (unpaired) electrons. The number of benzene rings is 3. The van der Waals surface area contributed by atoms with Crippen LogP contribution in [0, 0.1) is 21.4 Å². The van der Waals surface area contributed by atoms with E-state index in [0.29, 0.717) is 5.56 Å². The zero-order valence-electron chi connectivity index (χ0n) is 17.0. The second-order valence-corrected chi connectivity index (χ2v) is 6.63. The molecule has 0 bridgehead atoms. The predicted molar refractivity (Wildman–Crippen MR) is 115 cm³/mol. The third-order valence-electron chi connectivity index (χ3n) is 4.60. The van der Waals surface area contributed by atoms with Crippen LogP contribution in [-0.2, 0) is 6.61 Å². The molecular formula is C24H17N2O6-. The number of aromatic carboxylic acids is 1. The van der Waals surface area contributed by atoms with E-state index in [4.69, 9.17) is 9.47 Å². The number of hydrogen-bond acceptors (Lipinski definition) is 7. The number of nitro benzene ring substituents is 1. The largest absolute Gasteiger partial charge is 0.545 e. The van der Waals surface area contributed by atoms with Crippen molar-refractivity contribution in [3.63, 3.8) is 0 Å². The summed E-state index contributed by atoms with van der Waals surface area (Å²) in [6, 6.07) is 19.4. The van der Waals surface area contributed by atoms with Gasteiger partial charge in [-0.2, -0.15) is 5.26 Å². The van der Waals surface area contributed by atoms with E-state index < -0.39 is 10.9 Å². The highest BCUT2D eigenvalue weighted by atomic mass is 16.6. The number of rotatable bonds is 8. The summed E-state index contributed by atoms with van der Waals surface area (Å²) in [5.74, 6) is -0.884. The topological polar surface area (TPSA) is 126 Å². The second kappa shape index (κ2) is 9.91. The highest BCUT2D eigenvalue weighted by Crippen LogP contribution is 2.37. The lowest BCUT2D eigenvalue weighted by Crippen LogP contribution is -2.21. The van der Waals surface area contributed by atoms with Crippen molar-refractivity contribution in [2.45, 2.75) is 6.61 Å². The van der Waals surface area contributed by atoms with Crippen LogP contribution in [0.1, 0.15) is 27.0 Å². The van der Waals surface area contributed by atoms with Crippen LogP contribution in [0.15, 0.2) is 66.7 Å². The van der Waals surface area contributed by atoms with Gasteiger partial charge in [0.1, 0.15) is 6.61 Å². The van der Waals surface area contributed by atoms with Crippen LogP contribution in [-0.4, -0.2) is 18.0 Å². The number of carbonyl (C=O) groups is 1. The third-order valence-corrected chi connectivity index (χ3v) is 4.60. The van der Waals surface area contributed by atoms with E-state index in [9.17, 15) is 25.3 Å². The third kappa shape index (κ3) is 5.09. The molecule has 0 saturated carbocycles. The number of carboxylic acids is 1. The monoisotopic (exact) mass is 429 g/mol. The summed E-state index contributed by atoms with van der Waals surface area (Å²) in [7, 11) is 1.41. The maximum absolute atomic E-state index is 11.7. The molecule has 3 rings (SSSR count). The molecule has 0 aromatic heterocycles. The standard InChI is InChI=1S/C24H18N2O6/c1-31-22-12-19(11-20(14-25)17-7-9-18(10-8-17)24(27)28)21(26(29)30)13-23(22)32-15-16-5-3-2-4-6-16/h2-13H,15H2,1H3,(H,27,28)/p-1/b20-11+. The van der Waals surface area contributed by atoms with Gasteiger partial charge < -0.3 is 19.4 Å². The number of carbonyl (C=O) groups excluding carboxylic acids is 1. The average Bonchev–Trinajstić information content (AvgIpc) is 2.81. The smallest absolute Gasteiger partial charge is 0.280 e. The van der Waals surface area contributed by atoms with Gasteiger partial charge in [-0.05, 0) is 28.8 Å². The highest BCUT2D eigenvalue weighted by molar-refractivity contribution is 5.93. The van der Waals surface area contributed by atoms with E-state index in [1.807, 2.05) is 36.4 Å². The molecule has 0 spiro atoms. The van der Waals surface area contributed by atoms with Gasteiger partial charge in [0.15, 0.2) is 11.5 Å². The molecule has 32 heavy (non-hydrogen) atoms. The maximum atomic E-state index is 11.7. The number of allylic oxidation sites excluding steroid dienone is 1. The van der Waals surface area contributed by atoms with Gasteiger partial charge in [-0.15, -0.1) is 0 Å². The molecule has 0 saturated heterocycles. The fourth-order valence-corrected chi connectivity index (χ4v) is 2.97. The number of carboxylic acid groups (broad SMARTS) is 1. The van der Waals surface area contributed by atoms with Crippen LogP contribution >= 0.6 is 0 Å². The average molecular weight is 429 g/mol. The highest BCUT2D eigenvalue weighted by Gasteiger charge is 2.20. The first kappa shape index (κ1) is 22.1. The van der Waals surface area contributed by atoms with E-state index >= 15 is 0 Å². The molecule has 0 fully saturated rings. The number of nitriles is 1. The van der Waals surface area contributed by atoms with Gasteiger partial charge in [0, 0.05) is 0 Å². The molecule has 0 amide bonds. The van der Waals surface area contributed by atoms with Gasteiger partial charge in [0.25, 0.3) is 5.69 Å². The first-order valence-corrected chi connectivity index (χ1v) is 9.39. The van der Waals surface area contributed by atoms with Gasteiger partial charge in [0.2, 0.25) is 0 Å². The molecule has 0 aliphatic rings. The van der Waals surface area contributed by atoms with Crippen LogP contribution in [0.3, 0.4) is 0 Å². The molecule has 0 N–H and O–H groups in total. The van der Waals surface area contributed by atoms with Crippen molar-refractivity contribution < 1.29 is 24.3 Å². The summed E-state index contributed by atoms with van der Waals surface area (Å²) in [4.78, 5) is 22.0. The molecule has 0 unspecified atom stereocenters. The number of ether oxygens (including phenoxy) is 2. The summed E-state index contributed by atoms with van der Waals surface area (Å²) < 4.78 is 11.1. The Morgan fingerprint density at radius 1 is 1.06 bits per heavy atom. The predicted octanol–water partition coefficient (Wildman–Crippen LogP) is 3.61. The van der Waals surface area contributed by atoms with E-state index in [1.165, 1.54) is 49.6 Å². The zero-order valence-corrected chi connectivity index (χ0v) is 17.0. The fourth-order valence-electron chi connectivity index (χ4n) is 2.97. The Kier molecular flexibility index (Phi) is 6.83. The number of hydrogen-bond donors (Lipinski definition) is 0. The number of methoxy groups -OCH3 is 1. The van der Waals surface area contributed by atoms with Crippen LogP contribution in [0.4, 0.5) is 5.69 Å². The molecule has 0 aliphatic heterocycles. The van der Waals surface area contributed by atoms with Crippen molar-refractivity contribution in [3.8, 4) is 17.6 Å². The van der Waals surface area contributed by atoms with Crippen LogP contribution in [0.2, 0.25) is 0 Å². The lowest BCUT2D eigenvalue weighted by molar-refractivity contribution is -0.385. The van der Waals surface area contributed by atoms with Crippen molar-refractivity contribution in [2.75, 3.05) is 7.11 Å². The number of nitrogens with zero attached hydrogens (tertiary/aromatic N) is 2. The minimum absolute atomic E-state index is 0.0430. The normalized spacial score (nSPS) is 10.8. The quantitative estimate of drug-likeness (QED) is 0.232. The molecule has 3 aromatic rings. The van der Waals surface area contributed by atoms with Crippen molar-refractivity contribution in [1.82, 2.24) is 0 Å². The lowest BCUT2D eigenvalue weighted by atomic mass is 10.0. The van der Waals surface area contributed by atoms with Crippen LogP contribution in [0.5, 0.6) is 11.5 Å². The molecule has 3 aromatic carbocycles. The summed E-state index contributed by atoms with van der Waals surface area (Å²) in [6.45, 7) is 0.192. The number of nitro groups is 1. The van der Waals surface area contributed by atoms with E-state index in [2.05, 4.69) is 0 Å². The van der Waals surface area contributed by atoms with Crippen LogP contribution < -0.4 is 14.6 Å². The van der Waals surface area contributed by atoms with Crippen molar-refractivity contribution in [2.24, 2.45) is 0 Å². The Morgan fingerprint density at radius 3 is 2.28 bits per heavy atom. The minimum Gasteiger partial charge on any atom is -0.545 e. The minimum atomic E-state index is -1.34. The molecular weight excluding hydrogens is 412 g/mol. The molecule has 8 nitrogen and oxygen atoms in total. The zero-order chi connectivity index (χ0) is 23.1. The maximum Gasteiger partial charge on any atom is 0.280 e. The summed E-state index contributed by atoms with van der Waals surface area (Å²) in [6.07, 6.45) is 1.34. The fraction of sp³-hybridized carbons (Fsp3) is 0.0833. The van der Waals surface area contributed by atoms with Crippen molar-refractivity contribution in [3.05, 3.63) is 99.1 Å².